The number of aryl methyl sites for hydroxylation is 2. The Kier molecular flexibility index (Phi) is 8.53. The van der Waals surface area contributed by atoms with Crippen molar-refractivity contribution in [2.45, 2.75) is 79.8 Å². The number of aliphatic hydroxyl groups is 1. The summed E-state index contributed by atoms with van der Waals surface area (Å²) in [7, 11) is 0. The summed E-state index contributed by atoms with van der Waals surface area (Å²) in [4.78, 5) is 23.9. The van der Waals surface area contributed by atoms with Crippen LogP contribution in [0.15, 0.2) is 40.8 Å². The number of ketones is 1. The highest BCUT2D eigenvalue weighted by Gasteiger charge is 2.32. The summed E-state index contributed by atoms with van der Waals surface area (Å²) in [6, 6.07) is 12.4. The van der Waals surface area contributed by atoms with Crippen molar-refractivity contribution >= 4 is 22.7 Å². The summed E-state index contributed by atoms with van der Waals surface area (Å²) >= 11 is 0. The van der Waals surface area contributed by atoms with Crippen LogP contribution in [0.5, 0.6) is 5.75 Å². The molecule has 1 unspecified atom stereocenters. The Balaban J connectivity index is 1.97. The number of Topliss-reactive ketones (excluding diaryl/α,β-unsaturated/α-hetero) is 1. The maximum Gasteiger partial charge on any atom is 0.287 e. The molecule has 0 spiro atoms. The van der Waals surface area contributed by atoms with E-state index in [9.17, 15) is 14.7 Å². The molecule has 0 aliphatic heterocycles. The fourth-order valence-corrected chi connectivity index (χ4v) is 4.78. The van der Waals surface area contributed by atoms with Crippen LogP contribution in [0, 0.1) is 19.3 Å². The van der Waals surface area contributed by atoms with E-state index in [2.05, 4.69) is 43.4 Å². The van der Waals surface area contributed by atoms with Gasteiger partial charge in [-0.3, -0.25) is 9.59 Å². The molecule has 2 aromatic carbocycles. The molecule has 1 atom stereocenters. The molecule has 3 rings (SSSR count). The van der Waals surface area contributed by atoms with Crippen LogP contribution in [-0.4, -0.2) is 36.1 Å². The Bertz CT molecular complexity index is 1280. The Morgan fingerprint density at radius 1 is 1.03 bits per heavy atom. The molecule has 1 aromatic heterocycles. The van der Waals surface area contributed by atoms with Crippen molar-refractivity contribution in [1.29, 1.82) is 0 Å². The summed E-state index contributed by atoms with van der Waals surface area (Å²) in [5.41, 5.74) is 4.30. The largest absolute Gasteiger partial charge is 0.491 e. The number of carbonyl (C=O) groups is 2. The van der Waals surface area contributed by atoms with Crippen molar-refractivity contribution in [2.75, 3.05) is 13.2 Å². The highest BCUT2D eigenvalue weighted by Crippen LogP contribution is 2.42. The van der Waals surface area contributed by atoms with Gasteiger partial charge < -0.3 is 19.6 Å². The average molecular weight is 508 g/mol. The van der Waals surface area contributed by atoms with Crippen LogP contribution < -0.4 is 10.1 Å². The van der Waals surface area contributed by atoms with Crippen LogP contribution in [0.1, 0.15) is 87.2 Å². The predicted molar refractivity (Wildman–Crippen MR) is 147 cm³/mol. The van der Waals surface area contributed by atoms with Gasteiger partial charge in [0.1, 0.15) is 23.7 Å². The van der Waals surface area contributed by atoms with Crippen molar-refractivity contribution in [3.05, 3.63) is 64.4 Å². The van der Waals surface area contributed by atoms with Crippen LogP contribution in [-0.2, 0) is 10.2 Å². The van der Waals surface area contributed by atoms with Gasteiger partial charge in [0.25, 0.3) is 5.91 Å². The first-order valence-electron chi connectivity index (χ1n) is 13.1. The maximum atomic E-state index is 12.6. The summed E-state index contributed by atoms with van der Waals surface area (Å²) in [5, 5.41) is 13.9. The zero-order chi connectivity index (χ0) is 27.5. The first-order valence-corrected chi connectivity index (χ1v) is 13.1. The number of rotatable bonds is 10. The lowest BCUT2D eigenvalue weighted by Crippen LogP contribution is -2.32. The zero-order valence-electron chi connectivity index (χ0n) is 23.5. The van der Waals surface area contributed by atoms with E-state index in [-0.39, 0.29) is 41.4 Å². The molecule has 200 valence electrons. The molecular formula is C31H41NO5. The van der Waals surface area contributed by atoms with Crippen LogP contribution in [0.4, 0.5) is 0 Å². The molecule has 0 saturated carbocycles. The van der Waals surface area contributed by atoms with E-state index in [1.807, 2.05) is 46.8 Å². The van der Waals surface area contributed by atoms with E-state index >= 15 is 0 Å². The van der Waals surface area contributed by atoms with E-state index in [1.54, 1.807) is 0 Å². The average Bonchev–Trinajstić information content (AvgIpc) is 3.18. The van der Waals surface area contributed by atoms with E-state index < -0.39 is 6.10 Å². The molecule has 0 saturated heterocycles. The highest BCUT2D eigenvalue weighted by atomic mass is 16.5. The first-order chi connectivity index (χ1) is 17.3. The third-order valence-corrected chi connectivity index (χ3v) is 7.52. The Morgan fingerprint density at radius 3 is 2.22 bits per heavy atom. The highest BCUT2D eigenvalue weighted by molar-refractivity contribution is 6.00. The van der Waals surface area contributed by atoms with Crippen LogP contribution >= 0.6 is 0 Å². The summed E-state index contributed by atoms with van der Waals surface area (Å²) < 4.78 is 11.9. The number of carbonyl (C=O) groups excluding carboxylic acids is 2. The number of furan rings is 1. The van der Waals surface area contributed by atoms with Crippen molar-refractivity contribution in [1.82, 2.24) is 5.32 Å². The lowest BCUT2D eigenvalue weighted by molar-refractivity contribution is -0.116. The first kappa shape index (κ1) is 28.5. The molecule has 3 aromatic rings. The second kappa shape index (κ2) is 11.1. The number of hydrogen-bond donors (Lipinski definition) is 2. The summed E-state index contributed by atoms with van der Waals surface area (Å²) in [6.07, 6.45) is 1.22. The Hall–Kier alpha value is -3.12. The van der Waals surface area contributed by atoms with E-state index in [1.165, 1.54) is 12.5 Å². The molecule has 6 heteroatoms. The fraction of sp³-hybridized carbons (Fsp3) is 0.484. The number of amides is 1. The molecule has 1 heterocycles. The number of fused-ring (bicyclic) bond motifs is 1. The van der Waals surface area contributed by atoms with Gasteiger partial charge in [-0.1, -0.05) is 52.8 Å². The molecule has 6 nitrogen and oxygen atoms in total. The molecular weight excluding hydrogens is 466 g/mol. The number of nitrogens with one attached hydrogen (secondary N) is 1. The minimum atomic E-state index is -0.559. The third kappa shape index (κ3) is 5.90. The number of hydrogen-bond acceptors (Lipinski definition) is 5. The Morgan fingerprint density at radius 2 is 1.65 bits per heavy atom. The van der Waals surface area contributed by atoms with Crippen molar-refractivity contribution < 1.29 is 23.8 Å². The molecule has 0 radical (unpaired) electrons. The SMILES string of the molecule is CCC(CC)(c1ccc(OCC(O)C(C)(C)C)c(C)c1)c1ccc2oc(C(=O)NCC(C)=O)c(C)c2c1. The number of aliphatic hydroxyl groups excluding tert-OH is 1. The molecule has 0 fully saturated rings. The molecule has 2 N–H and O–H groups in total. The normalized spacial score (nSPS) is 13.0. The van der Waals surface area contributed by atoms with Gasteiger partial charge in [0, 0.05) is 16.4 Å². The van der Waals surface area contributed by atoms with Crippen LogP contribution in [0.2, 0.25) is 0 Å². The van der Waals surface area contributed by atoms with Gasteiger partial charge in [-0.25, -0.2) is 0 Å². The van der Waals surface area contributed by atoms with Crippen molar-refractivity contribution in [2.24, 2.45) is 5.41 Å². The smallest absolute Gasteiger partial charge is 0.287 e. The molecule has 0 bridgehead atoms. The monoisotopic (exact) mass is 507 g/mol. The number of ether oxygens (including phenoxy) is 1. The molecule has 1 amide bonds. The number of benzene rings is 2. The zero-order valence-corrected chi connectivity index (χ0v) is 23.5. The lowest BCUT2D eigenvalue weighted by atomic mass is 9.70. The Labute approximate surface area is 220 Å². The quantitative estimate of drug-likeness (QED) is 0.338. The second-order valence-electron chi connectivity index (χ2n) is 11.1. The van der Waals surface area contributed by atoms with Gasteiger partial charge in [-0.15, -0.1) is 0 Å². The molecule has 37 heavy (non-hydrogen) atoms. The lowest BCUT2D eigenvalue weighted by Gasteiger charge is -2.34. The van der Waals surface area contributed by atoms with Gasteiger partial charge in [0.15, 0.2) is 5.76 Å². The van der Waals surface area contributed by atoms with E-state index in [0.717, 1.165) is 40.7 Å². The summed E-state index contributed by atoms with van der Waals surface area (Å²) in [6.45, 7) is 15.9. The minimum absolute atomic E-state index is 0.0242. The van der Waals surface area contributed by atoms with Gasteiger partial charge in [-0.2, -0.15) is 0 Å². The van der Waals surface area contributed by atoms with Gasteiger partial charge in [-0.05, 0) is 73.9 Å². The van der Waals surface area contributed by atoms with E-state index in [4.69, 9.17) is 9.15 Å². The third-order valence-electron chi connectivity index (χ3n) is 7.52. The van der Waals surface area contributed by atoms with E-state index in [0.29, 0.717) is 5.58 Å². The summed E-state index contributed by atoms with van der Waals surface area (Å²) in [5.74, 6) is 0.514. The second-order valence-corrected chi connectivity index (χ2v) is 11.1. The van der Waals surface area contributed by atoms with Crippen molar-refractivity contribution in [3.63, 3.8) is 0 Å². The van der Waals surface area contributed by atoms with Crippen LogP contribution in [0.3, 0.4) is 0 Å². The standard InChI is InChI=1S/C31H41NO5/c1-9-31(10-2,22-11-13-25(19(3)15-22)36-18-27(34)30(6,7)8)23-12-14-26-24(16-23)21(5)28(37-26)29(35)32-17-20(4)33/h11-16,27,34H,9-10,17-18H2,1-8H3,(H,32,35). The fourth-order valence-electron chi connectivity index (χ4n) is 4.78. The van der Waals surface area contributed by atoms with Crippen LogP contribution in [0.25, 0.3) is 11.0 Å². The minimum Gasteiger partial charge on any atom is -0.491 e. The topological polar surface area (TPSA) is 88.8 Å². The molecule has 0 aliphatic rings. The van der Waals surface area contributed by atoms with Gasteiger partial charge in [0.2, 0.25) is 0 Å². The van der Waals surface area contributed by atoms with Gasteiger partial charge >= 0.3 is 0 Å². The molecule has 0 aliphatic carbocycles. The van der Waals surface area contributed by atoms with Crippen molar-refractivity contribution in [3.8, 4) is 5.75 Å². The van der Waals surface area contributed by atoms with Gasteiger partial charge in [0.05, 0.1) is 12.6 Å². The predicted octanol–water partition coefficient (Wildman–Crippen LogP) is 6.26. The maximum absolute atomic E-state index is 12.6.